The van der Waals surface area contributed by atoms with Crippen LogP contribution in [0.2, 0.25) is 0 Å². The number of halogens is 2. The van der Waals surface area contributed by atoms with Gasteiger partial charge in [0.15, 0.2) is 10.6 Å². The van der Waals surface area contributed by atoms with E-state index in [1.807, 2.05) is 0 Å². The van der Waals surface area contributed by atoms with Gasteiger partial charge in [0.2, 0.25) is 0 Å². The van der Waals surface area contributed by atoms with Gasteiger partial charge in [0.25, 0.3) is 11.8 Å². The van der Waals surface area contributed by atoms with Gasteiger partial charge >= 0.3 is 0 Å². The Balaban J connectivity index is 1.91. The van der Waals surface area contributed by atoms with Crippen LogP contribution in [0.1, 0.15) is 10.6 Å². The molecule has 98 valence electrons. The molecule has 1 saturated heterocycles. The summed E-state index contributed by atoms with van der Waals surface area (Å²) >= 11 is 11.0. The Kier molecular flexibility index (Phi) is 4.14. The van der Waals surface area contributed by atoms with Crippen molar-refractivity contribution in [1.82, 2.24) is 9.80 Å². The maximum absolute atomic E-state index is 11.9. The standard InChI is InChI=1S/C11H12Cl2N2O3/c12-9(13)11(17)15-5-3-14(4-6-15)10(16)8-2-1-7-18-8/h1-2,7,9H,3-6H2. The van der Waals surface area contributed by atoms with Crippen LogP contribution in [0.25, 0.3) is 0 Å². The molecule has 0 spiro atoms. The predicted molar refractivity (Wildman–Crippen MR) is 66.7 cm³/mol. The Morgan fingerprint density at radius 2 is 1.78 bits per heavy atom. The molecule has 0 unspecified atom stereocenters. The summed E-state index contributed by atoms with van der Waals surface area (Å²) in [6.45, 7) is 1.76. The molecule has 1 aromatic heterocycles. The Bertz CT molecular complexity index is 426. The second-order valence-electron chi connectivity index (χ2n) is 3.90. The molecule has 7 heteroatoms. The number of carbonyl (C=O) groups is 2. The first kappa shape index (κ1) is 13.2. The quantitative estimate of drug-likeness (QED) is 0.773. The molecular weight excluding hydrogens is 279 g/mol. The van der Waals surface area contributed by atoms with Crippen LogP contribution in [0.3, 0.4) is 0 Å². The third-order valence-corrected chi connectivity index (χ3v) is 3.17. The Hall–Kier alpha value is -1.20. The van der Waals surface area contributed by atoms with E-state index in [9.17, 15) is 9.59 Å². The molecule has 1 aromatic rings. The minimum Gasteiger partial charge on any atom is -0.459 e. The number of hydrogen-bond donors (Lipinski definition) is 0. The lowest BCUT2D eigenvalue weighted by Crippen LogP contribution is -2.51. The molecule has 0 N–H and O–H groups in total. The zero-order valence-corrected chi connectivity index (χ0v) is 11.0. The number of rotatable bonds is 2. The van der Waals surface area contributed by atoms with E-state index in [-0.39, 0.29) is 11.8 Å². The molecule has 1 aliphatic heterocycles. The van der Waals surface area contributed by atoms with E-state index < -0.39 is 4.84 Å². The fraction of sp³-hybridized carbons (Fsp3) is 0.455. The summed E-state index contributed by atoms with van der Waals surface area (Å²) in [5.74, 6) is -0.175. The van der Waals surface area contributed by atoms with E-state index in [1.54, 1.807) is 21.9 Å². The summed E-state index contributed by atoms with van der Waals surface area (Å²) in [6, 6.07) is 3.28. The topological polar surface area (TPSA) is 53.8 Å². The molecular formula is C11H12Cl2N2O3. The lowest BCUT2D eigenvalue weighted by Gasteiger charge is -2.34. The first-order valence-corrected chi connectivity index (χ1v) is 6.36. The molecule has 2 amide bonds. The summed E-state index contributed by atoms with van der Waals surface area (Å²) < 4.78 is 5.05. The molecule has 2 heterocycles. The number of nitrogens with zero attached hydrogens (tertiary/aromatic N) is 2. The van der Waals surface area contributed by atoms with Crippen molar-refractivity contribution in [2.75, 3.05) is 26.2 Å². The first-order chi connectivity index (χ1) is 8.59. The van der Waals surface area contributed by atoms with Gasteiger partial charge in [0.05, 0.1) is 6.26 Å². The molecule has 1 aliphatic rings. The van der Waals surface area contributed by atoms with Crippen molar-refractivity contribution >= 4 is 35.0 Å². The minimum atomic E-state index is -1.04. The number of furan rings is 1. The van der Waals surface area contributed by atoms with E-state index in [1.165, 1.54) is 6.26 Å². The molecule has 0 saturated carbocycles. The highest BCUT2D eigenvalue weighted by atomic mass is 35.5. The monoisotopic (exact) mass is 290 g/mol. The van der Waals surface area contributed by atoms with Crippen LogP contribution in [0, 0.1) is 0 Å². The summed E-state index contributed by atoms with van der Waals surface area (Å²) in [4.78, 5) is 25.6. The van der Waals surface area contributed by atoms with Crippen LogP contribution >= 0.6 is 23.2 Å². The van der Waals surface area contributed by atoms with Crippen LogP contribution < -0.4 is 0 Å². The average molecular weight is 291 g/mol. The van der Waals surface area contributed by atoms with Gasteiger partial charge in [-0.15, -0.1) is 0 Å². The van der Waals surface area contributed by atoms with Gasteiger partial charge in [-0.2, -0.15) is 0 Å². The second-order valence-corrected chi connectivity index (χ2v) is 4.99. The molecule has 1 fully saturated rings. The van der Waals surface area contributed by atoms with Crippen LogP contribution in [-0.4, -0.2) is 52.6 Å². The lowest BCUT2D eigenvalue weighted by atomic mass is 10.3. The van der Waals surface area contributed by atoms with Crippen molar-refractivity contribution in [3.63, 3.8) is 0 Å². The molecule has 2 rings (SSSR count). The van der Waals surface area contributed by atoms with E-state index in [2.05, 4.69) is 0 Å². The Morgan fingerprint density at radius 1 is 1.17 bits per heavy atom. The Morgan fingerprint density at radius 3 is 2.28 bits per heavy atom. The normalized spacial score (nSPS) is 16.2. The van der Waals surface area contributed by atoms with Gasteiger partial charge in [-0.05, 0) is 12.1 Å². The van der Waals surface area contributed by atoms with Crippen LogP contribution in [0.4, 0.5) is 0 Å². The number of amides is 2. The van der Waals surface area contributed by atoms with Gasteiger partial charge in [0.1, 0.15) is 0 Å². The summed E-state index contributed by atoms with van der Waals surface area (Å²) in [5.41, 5.74) is 0. The van der Waals surface area contributed by atoms with Gasteiger partial charge in [-0.1, -0.05) is 23.2 Å². The summed E-state index contributed by atoms with van der Waals surface area (Å²) in [5, 5.41) is 0. The van der Waals surface area contributed by atoms with Crippen LogP contribution in [0.15, 0.2) is 22.8 Å². The van der Waals surface area contributed by atoms with E-state index in [4.69, 9.17) is 27.6 Å². The molecule has 5 nitrogen and oxygen atoms in total. The van der Waals surface area contributed by atoms with Crippen molar-refractivity contribution in [3.05, 3.63) is 24.2 Å². The third-order valence-electron chi connectivity index (χ3n) is 2.80. The number of hydrogen-bond acceptors (Lipinski definition) is 3. The zero-order valence-electron chi connectivity index (χ0n) is 9.51. The molecule has 0 atom stereocenters. The lowest BCUT2D eigenvalue weighted by molar-refractivity contribution is -0.130. The Labute approximate surface area is 114 Å². The molecule has 0 aromatic carbocycles. The third kappa shape index (κ3) is 2.79. The molecule has 0 aliphatic carbocycles. The highest BCUT2D eigenvalue weighted by Crippen LogP contribution is 2.12. The number of piperazine rings is 1. The second kappa shape index (κ2) is 5.63. The highest BCUT2D eigenvalue weighted by molar-refractivity contribution is 6.53. The van der Waals surface area contributed by atoms with Gasteiger partial charge in [-0.25, -0.2) is 0 Å². The van der Waals surface area contributed by atoms with Crippen molar-refractivity contribution in [2.45, 2.75) is 4.84 Å². The number of alkyl halides is 2. The predicted octanol–water partition coefficient (Wildman–Crippen LogP) is 1.37. The maximum Gasteiger partial charge on any atom is 0.289 e. The van der Waals surface area contributed by atoms with E-state index in [0.717, 1.165) is 0 Å². The summed E-state index contributed by atoms with van der Waals surface area (Å²) in [6.07, 6.45) is 1.46. The largest absolute Gasteiger partial charge is 0.459 e. The fourth-order valence-electron chi connectivity index (χ4n) is 1.82. The molecule has 0 radical (unpaired) electrons. The fourth-order valence-corrected chi connectivity index (χ4v) is 2.10. The van der Waals surface area contributed by atoms with Crippen molar-refractivity contribution in [2.24, 2.45) is 0 Å². The smallest absolute Gasteiger partial charge is 0.289 e. The van der Waals surface area contributed by atoms with Gasteiger partial charge in [-0.3, -0.25) is 9.59 Å². The van der Waals surface area contributed by atoms with Crippen LogP contribution in [0.5, 0.6) is 0 Å². The van der Waals surface area contributed by atoms with Crippen LogP contribution in [-0.2, 0) is 4.79 Å². The molecule has 18 heavy (non-hydrogen) atoms. The SMILES string of the molecule is O=C(c1ccco1)N1CCN(C(=O)C(Cl)Cl)CC1. The van der Waals surface area contributed by atoms with Crippen molar-refractivity contribution < 1.29 is 14.0 Å². The average Bonchev–Trinajstić information content (AvgIpc) is 2.91. The van der Waals surface area contributed by atoms with Crippen molar-refractivity contribution in [3.8, 4) is 0 Å². The summed E-state index contributed by atoms with van der Waals surface area (Å²) in [7, 11) is 0. The van der Waals surface area contributed by atoms with E-state index in [0.29, 0.717) is 31.9 Å². The van der Waals surface area contributed by atoms with Gasteiger partial charge < -0.3 is 14.2 Å². The zero-order chi connectivity index (χ0) is 13.1. The highest BCUT2D eigenvalue weighted by Gasteiger charge is 2.28. The minimum absolute atomic E-state index is 0.166. The van der Waals surface area contributed by atoms with E-state index >= 15 is 0 Å². The maximum atomic E-state index is 11.9. The number of carbonyl (C=O) groups excluding carboxylic acids is 2. The van der Waals surface area contributed by atoms with Gasteiger partial charge in [0, 0.05) is 26.2 Å². The van der Waals surface area contributed by atoms with Crippen molar-refractivity contribution in [1.29, 1.82) is 0 Å². The molecule has 0 bridgehead atoms. The first-order valence-electron chi connectivity index (χ1n) is 5.49.